The van der Waals surface area contributed by atoms with E-state index in [9.17, 15) is 0 Å². The Morgan fingerprint density at radius 2 is 1.90 bits per heavy atom. The molecule has 0 amide bonds. The van der Waals surface area contributed by atoms with Gasteiger partial charge in [-0.15, -0.1) is 0 Å². The molecule has 20 heavy (non-hydrogen) atoms. The molecule has 1 heterocycles. The van der Waals surface area contributed by atoms with Gasteiger partial charge in [-0.3, -0.25) is 4.90 Å². The average molecular weight is 293 g/mol. The van der Waals surface area contributed by atoms with Crippen LogP contribution in [0.3, 0.4) is 0 Å². The summed E-state index contributed by atoms with van der Waals surface area (Å²) in [6.07, 6.45) is 0. The monoisotopic (exact) mass is 293 g/mol. The van der Waals surface area contributed by atoms with Gasteiger partial charge in [0.05, 0.1) is 6.61 Å². The first-order valence-corrected chi connectivity index (χ1v) is 7.48. The maximum atomic E-state index is 5.40. The second kappa shape index (κ2) is 8.19. The molecule has 0 unspecified atom stereocenters. The molecule has 1 saturated heterocycles. The molecule has 1 aromatic carbocycles. The van der Waals surface area contributed by atoms with E-state index >= 15 is 0 Å². The fourth-order valence-corrected chi connectivity index (χ4v) is 2.61. The van der Waals surface area contributed by atoms with Crippen LogP contribution in [0.1, 0.15) is 5.56 Å². The molecule has 0 atom stereocenters. The normalized spacial score (nSPS) is 16.1. The van der Waals surface area contributed by atoms with Crippen molar-refractivity contribution in [2.75, 3.05) is 46.4 Å². The quantitative estimate of drug-likeness (QED) is 0.653. The van der Waals surface area contributed by atoms with Crippen LogP contribution in [0, 0.1) is 0 Å². The summed E-state index contributed by atoms with van der Waals surface area (Å²) in [6, 6.07) is 10.6. The van der Waals surface area contributed by atoms with E-state index in [2.05, 4.69) is 45.4 Å². The molecule has 0 aromatic heterocycles. The Balaban J connectivity index is 1.71. The zero-order valence-corrected chi connectivity index (χ0v) is 12.9. The van der Waals surface area contributed by atoms with Gasteiger partial charge in [-0.05, 0) is 17.8 Å². The number of thiocarbonyl (C=S) groups is 1. The first-order valence-electron chi connectivity index (χ1n) is 7.07. The predicted molar refractivity (Wildman–Crippen MR) is 85.8 cm³/mol. The third-order valence-corrected chi connectivity index (χ3v) is 3.89. The lowest BCUT2D eigenvalue weighted by Gasteiger charge is -2.36. The number of hydrogen-bond donors (Lipinski definition) is 1. The highest BCUT2D eigenvalue weighted by Gasteiger charge is 2.18. The van der Waals surface area contributed by atoms with E-state index in [-0.39, 0.29) is 0 Å². The Hall–Kier alpha value is -1.17. The van der Waals surface area contributed by atoms with Gasteiger partial charge in [-0.25, -0.2) is 0 Å². The Morgan fingerprint density at radius 3 is 2.55 bits per heavy atom. The van der Waals surface area contributed by atoms with Gasteiger partial charge in [0.1, 0.15) is 0 Å². The van der Waals surface area contributed by atoms with E-state index in [0.29, 0.717) is 6.61 Å². The molecule has 0 radical (unpaired) electrons. The number of hydrogen-bond acceptors (Lipinski definition) is 3. The van der Waals surface area contributed by atoms with Crippen LogP contribution in [-0.2, 0) is 11.3 Å². The van der Waals surface area contributed by atoms with Crippen molar-refractivity contribution >= 4 is 17.3 Å². The Bertz CT molecular complexity index is 405. The summed E-state index contributed by atoms with van der Waals surface area (Å²) in [5, 5.41) is 4.08. The van der Waals surface area contributed by atoms with Crippen molar-refractivity contribution in [1.82, 2.24) is 15.1 Å². The van der Waals surface area contributed by atoms with Gasteiger partial charge in [-0.2, -0.15) is 0 Å². The third kappa shape index (κ3) is 4.74. The van der Waals surface area contributed by atoms with Gasteiger partial charge < -0.3 is 15.0 Å². The molecular formula is C15H23N3OS. The average Bonchev–Trinajstić information content (AvgIpc) is 2.49. The zero-order valence-electron chi connectivity index (χ0n) is 12.0. The van der Waals surface area contributed by atoms with E-state index in [0.717, 1.165) is 44.4 Å². The lowest BCUT2D eigenvalue weighted by atomic mass is 10.2. The smallest absolute Gasteiger partial charge is 0.169 e. The summed E-state index contributed by atoms with van der Waals surface area (Å²) >= 11 is 5.40. The van der Waals surface area contributed by atoms with Crippen LogP contribution in [0.15, 0.2) is 30.3 Å². The van der Waals surface area contributed by atoms with Crippen LogP contribution in [-0.4, -0.2) is 61.4 Å². The van der Waals surface area contributed by atoms with Gasteiger partial charge in [0.2, 0.25) is 0 Å². The molecule has 0 bridgehead atoms. The highest BCUT2D eigenvalue weighted by molar-refractivity contribution is 7.80. The largest absolute Gasteiger partial charge is 0.383 e. The zero-order chi connectivity index (χ0) is 14.2. The summed E-state index contributed by atoms with van der Waals surface area (Å²) in [6.45, 7) is 6.59. The van der Waals surface area contributed by atoms with E-state index in [1.807, 2.05) is 0 Å². The van der Waals surface area contributed by atoms with Crippen LogP contribution in [0.5, 0.6) is 0 Å². The molecule has 0 aliphatic carbocycles. The second-order valence-electron chi connectivity index (χ2n) is 4.97. The van der Waals surface area contributed by atoms with Gasteiger partial charge >= 0.3 is 0 Å². The highest BCUT2D eigenvalue weighted by Crippen LogP contribution is 2.08. The van der Waals surface area contributed by atoms with E-state index in [4.69, 9.17) is 17.0 Å². The molecule has 1 aromatic rings. The summed E-state index contributed by atoms with van der Waals surface area (Å²) in [4.78, 5) is 4.72. The number of methoxy groups -OCH3 is 1. The van der Waals surface area contributed by atoms with E-state index < -0.39 is 0 Å². The van der Waals surface area contributed by atoms with Gasteiger partial charge in [0.25, 0.3) is 0 Å². The molecule has 1 N–H and O–H groups in total. The number of nitrogens with zero attached hydrogens (tertiary/aromatic N) is 2. The highest BCUT2D eigenvalue weighted by atomic mass is 32.1. The minimum Gasteiger partial charge on any atom is -0.383 e. The van der Waals surface area contributed by atoms with Gasteiger partial charge in [0.15, 0.2) is 5.11 Å². The standard InChI is InChI=1S/C15H23N3OS/c1-19-12-7-16-15(20)18-10-8-17(9-11-18)13-14-5-3-2-4-6-14/h2-6H,7-13H2,1H3,(H,16,20). The number of benzene rings is 1. The molecule has 1 fully saturated rings. The molecule has 2 rings (SSSR count). The Morgan fingerprint density at radius 1 is 1.20 bits per heavy atom. The SMILES string of the molecule is COCCNC(=S)N1CCN(Cc2ccccc2)CC1. The summed E-state index contributed by atoms with van der Waals surface area (Å²) < 4.78 is 5.01. The van der Waals surface area contributed by atoms with E-state index in [1.54, 1.807) is 7.11 Å². The molecular weight excluding hydrogens is 270 g/mol. The van der Waals surface area contributed by atoms with Gasteiger partial charge in [0, 0.05) is 46.4 Å². The number of piperazine rings is 1. The molecule has 0 saturated carbocycles. The van der Waals surface area contributed by atoms with Crippen LogP contribution in [0.2, 0.25) is 0 Å². The third-order valence-electron chi connectivity index (χ3n) is 3.49. The van der Waals surface area contributed by atoms with Crippen molar-refractivity contribution in [1.29, 1.82) is 0 Å². The van der Waals surface area contributed by atoms with Crippen LogP contribution in [0.4, 0.5) is 0 Å². The van der Waals surface area contributed by atoms with Crippen molar-refractivity contribution < 1.29 is 4.74 Å². The van der Waals surface area contributed by atoms with E-state index in [1.165, 1.54) is 5.56 Å². The van der Waals surface area contributed by atoms with Crippen molar-refractivity contribution in [3.63, 3.8) is 0 Å². The molecule has 1 aliphatic heterocycles. The molecule has 110 valence electrons. The van der Waals surface area contributed by atoms with Crippen molar-refractivity contribution in [2.24, 2.45) is 0 Å². The van der Waals surface area contributed by atoms with Crippen molar-refractivity contribution in [3.8, 4) is 0 Å². The summed E-state index contributed by atoms with van der Waals surface area (Å²) in [7, 11) is 1.70. The Labute approximate surface area is 126 Å². The first kappa shape index (κ1) is 15.2. The fourth-order valence-electron chi connectivity index (χ4n) is 2.32. The maximum absolute atomic E-state index is 5.40. The van der Waals surface area contributed by atoms with Crippen LogP contribution >= 0.6 is 12.2 Å². The lowest BCUT2D eigenvalue weighted by molar-refractivity contribution is 0.172. The first-order chi connectivity index (χ1) is 9.79. The topological polar surface area (TPSA) is 27.7 Å². The molecule has 5 heteroatoms. The second-order valence-corrected chi connectivity index (χ2v) is 5.36. The Kier molecular flexibility index (Phi) is 6.24. The predicted octanol–water partition coefficient (Wildman–Crippen LogP) is 1.33. The maximum Gasteiger partial charge on any atom is 0.169 e. The minimum absolute atomic E-state index is 0.689. The summed E-state index contributed by atoms with van der Waals surface area (Å²) in [5.41, 5.74) is 1.38. The molecule has 0 spiro atoms. The number of rotatable bonds is 5. The minimum atomic E-state index is 0.689. The van der Waals surface area contributed by atoms with Crippen molar-refractivity contribution in [3.05, 3.63) is 35.9 Å². The summed E-state index contributed by atoms with van der Waals surface area (Å²) in [5.74, 6) is 0. The number of ether oxygens (including phenoxy) is 1. The fraction of sp³-hybridized carbons (Fsp3) is 0.533. The van der Waals surface area contributed by atoms with Crippen LogP contribution < -0.4 is 5.32 Å². The van der Waals surface area contributed by atoms with Gasteiger partial charge in [-0.1, -0.05) is 30.3 Å². The molecule has 1 aliphatic rings. The lowest BCUT2D eigenvalue weighted by Crippen LogP contribution is -2.51. The molecule has 4 nitrogen and oxygen atoms in total. The van der Waals surface area contributed by atoms with Crippen molar-refractivity contribution in [2.45, 2.75) is 6.54 Å². The van der Waals surface area contributed by atoms with Crippen LogP contribution in [0.25, 0.3) is 0 Å². The number of nitrogens with one attached hydrogen (secondary N) is 1.